The Morgan fingerprint density at radius 3 is 1.44 bits per heavy atom. The van der Waals surface area contributed by atoms with Gasteiger partial charge in [0.15, 0.2) is 7.38 Å². The van der Waals surface area contributed by atoms with E-state index < -0.39 is 7.38 Å². The zero-order valence-corrected chi connectivity index (χ0v) is 15.2. The third-order valence-electron chi connectivity index (χ3n) is 4.33. The summed E-state index contributed by atoms with van der Waals surface area (Å²) >= 11 is 6.69. The molecule has 18 heavy (non-hydrogen) atoms. The fraction of sp³-hybridized carbons (Fsp3) is 1.00. The van der Waals surface area contributed by atoms with Gasteiger partial charge in [0, 0.05) is 0 Å². The van der Waals surface area contributed by atoms with Crippen molar-refractivity contribution in [2.24, 2.45) is 0 Å². The summed E-state index contributed by atoms with van der Waals surface area (Å²) in [5.41, 5.74) is 0. The van der Waals surface area contributed by atoms with Gasteiger partial charge in [-0.05, 0) is 36.8 Å². The molecule has 0 unspecified atom stereocenters. The first-order valence-electron chi connectivity index (χ1n) is 7.72. The Labute approximate surface area is 121 Å². The van der Waals surface area contributed by atoms with E-state index in [1.807, 2.05) is 0 Å². The van der Waals surface area contributed by atoms with Gasteiger partial charge in [-0.1, -0.05) is 60.8 Å². The minimum atomic E-state index is -1.37. The summed E-state index contributed by atoms with van der Waals surface area (Å²) in [6, 6.07) is 2.69. The van der Waals surface area contributed by atoms with E-state index in [0.29, 0.717) is 5.04 Å². The van der Waals surface area contributed by atoms with Gasteiger partial charge in [-0.3, -0.25) is 0 Å². The molecule has 0 aromatic carbocycles. The van der Waals surface area contributed by atoms with Crippen LogP contribution in [0.1, 0.15) is 60.8 Å². The maximum Gasteiger partial charge on any atom is 0.161 e. The average Bonchev–Trinajstić information content (AvgIpc) is 2.32. The highest BCUT2D eigenvalue weighted by Crippen LogP contribution is 2.48. The van der Waals surface area contributed by atoms with Gasteiger partial charge in [-0.2, -0.15) is 11.1 Å². The first-order chi connectivity index (χ1) is 8.30. The molecule has 0 saturated carbocycles. The molecular formula is C15H34ClNSi. The standard InChI is InChI=1S/C9H19ClSi.C6H15N/c1-9(2,3)11(10)7-5-4-6-8-11;1-4-7(5-2)6-3/h4-8H2,1-3H3;4-6H2,1-3H3. The van der Waals surface area contributed by atoms with Crippen LogP contribution in [0.25, 0.3) is 0 Å². The molecule has 0 amide bonds. The molecule has 0 N–H and O–H groups in total. The minimum Gasteiger partial charge on any atom is -0.304 e. The number of nitrogens with zero attached hydrogens (tertiary/aromatic N) is 1. The van der Waals surface area contributed by atoms with E-state index in [4.69, 9.17) is 11.1 Å². The molecule has 1 aliphatic rings. The predicted octanol–water partition coefficient (Wildman–Crippen LogP) is 5.50. The van der Waals surface area contributed by atoms with Gasteiger partial charge in [0.25, 0.3) is 0 Å². The fourth-order valence-electron chi connectivity index (χ4n) is 2.53. The molecule has 3 heteroatoms. The Kier molecular flexibility index (Phi) is 8.82. The lowest BCUT2D eigenvalue weighted by atomic mass is 10.2. The van der Waals surface area contributed by atoms with Crippen molar-refractivity contribution in [2.75, 3.05) is 19.6 Å². The molecule has 0 atom stereocenters. The maximum atomic E-state index is 6.69. The summed E-state index contributed by atoms with van der Waals surface area (Å²) in [5, 5.41) is 0.412. The van der Waals surface area contributed by atoms with E-state index in [9.17, 15) is 0 Å². The molecule has 0 aromatic heterocycles. The van der Waals surface area contributed by atoms with Gasteiger partial charge in [-0.15, -0.1) is 0 Å². The van der Waals surface area contributed by atoms with Crippen molar-refractivity contribution < 1.29 is 0 Å². The number of hydrogen-bond acceptors (Lipinski definition) is 1. The molecule has 0 spiro atoms. The zero-order chi connectivity index (χ0) is 14.2. The molecular weight excluding hydrogens is 258 g/mol. The van der Waals surface area contributed by atoms with Crippen molar-refractivity contribution in [3.8, 4) is 0 Å². The Morgan fingerprint density at radius 1 is 0.889 bits per heavy atom. The molecule has 0 radical (unpaired) electrons. The van der Waals surface area contributed by atoms with Gasteiger partial charge in [0.2, 0.25) is 0 Å². The summed E-state index contributed by atoms with van der Waals surface area (Å²) in [5.74, 6) is 0. The van der Waals surface area contributed by atoms with Crippen molar-refractivity contribution >= 4 is 18.5 Å². The van der Waals surface area contributed by atoms with E-state index in [1.54, 1.807) is 0 Å². The van der Waals surface area contributed by atoms with Crippen molar-refractivity contribution in [1.82, 2.24) is 4.90 Å². The Hall–Kier alpha value is 0.467. The number of halogens is 1. The van der Waals surface area contributed by atoms with Gasteiger partial charge < -0.3 is 4.90 Å². The van der Waals surface area contributed by atoms with Gasteiger partial charge in [0.1, 0.15) is 0 Å². The summed E-state index contributed by atoms with van der Waals surface area (Å²) in [6.45, 7) is 17.1. The van der Waals surface area contributed by atoms with E-state index in [2.05, 4.69) is 46.4 Å². The van der Waals surface area contributed by atoms with Gasteiger partial charge >= 0.3 is 0 Å². The maximum absolute atomic E-state index is 6.69. The second-order valence-electron chi connectivity index (χ2n) is 6.40. The molecule has 1 nitrogen and oxygen atoms in total. The third kappa shape index (κ3) is 6.07. The molecule has 0 aliphatic carbocycles. The molecule has 1 fully saturated rings. The SMILES string of the molecule is CC(C)(C)[Si]1(Cl)CCCCC1.CCN(CC)CC. The van der Waals surface area contributed by atoms with E-state index in [1.165, 1.54) is 51.0 Å². The van der Waals surface area contributed by atoms with Crippen LogP contribution < -0.4 is 0 Å². The molecule has 1 saturated heterocycles. The second kappa shape index (κ2) is 8.60. The summed E-state index contributed by atoms with van der Waals surface area (Å²) < 4.78 is 0. The molecule has 0 aromatic rings. The molecule has 1 rings (SSSR count). The van der Waals surface area contributed by atoms with Crippen molar-refractivity contribution in [2.45, 2.75) is 77.9 Å². The molecule has 1 heterocycles. The largest absolute Gasteiger partial charge is 0.304 e. The van der Waals surface area contributed by atoms with E-state index in [-0.39, 0.29) is 0 Å². The van der Waals surface area contributed by atoms with Crippen LogP contribution >= 0.6 is 11.1 Å². The fourth-order valence-corrected chi connectivity index (χ4v) is 6.71. The highest BCUT2D eigenvalue weighted by atomic mass is 35.6. The van der Waals surface area contributed by atoms with Crippen LogP contribution in [0.3, 0.4) is 0 Å². The van der Waals surface area contributed by atoms with Crippen LogP contribution in [-0.4, -0.2) is 31.9 Å². The normalized spacial score (nSPS) is 19.3. The number of rotatable bonds is 3. The number of hydrogen-bond donors (Lipinski definition) is 0. The topological polar surface area (TPSA) is 3.24 Å². The Morgan fingerprint density at radius 2 is 1.28 bits per heavy atom. The predicted molar refractivity (Wildman–Crippen MR) is 88.2 cm³/mol. The van der Waals surface area contributed by atoms with Crippen molar-refractivity contribution in [3.05, 3.63) is 0 Å². The lowest BCUT2D eigenvalue weighted by molar-refractivity contribution is 0.321. The van der Waals surface area contributed by atoms with E-state index >= 15 is 0 Å². The van der Waals surface area contributed by atoms with Crippen molar-refractivity contribution in [1.29, 1.82) is 0 Å². The Balaban J connectivity index is 0.000000360. The first kappa shape index (κ1) is 18.5. The van der Waals surface area contributed by atoms with Crippen LogP contribution in [0.2, 0.25) is 17.1 Å². The monoisotopic (exact) mass is 291 g/mol. The molecule has 110 valence electrons. The quantitative estimate of drug-likeness (QED) is 0.490. The summed E-state index contributed by atoms with van der Waals surface area (Å²) in [6.07, 6.45) is 4.18. The lowest BCUT2D eigenvalue weighted by Gasteiger charge is -2.40. The lowest BCUT2D eigenvalue weighted by Crippen LogP contribution is -2.39. The third-order valence-corrected chi connectivity index (χ3v) is 12.1. The molecule has 0 bridgehead atoms. The summed E-state index contributed by atoms with van der Waals surface area (Å²) in [4.78, 5) is 2.38. The van der Waals surface area contributed by atoms with Crippen LogP contribution in [0.5, 0.6) is 0 Å². The second-order valence-corrected chi connectivity index (χ2v) is 13.0. The molecule has 1 aliphatic heterocycles. The van der Waals surface area contributed by atoms with E-state index in [0.717, 1.165) is 0 Å². The summed E-state index contributed by atoms with van der Waals surface area (Å²) in [7, 11) is -1.37. The van der Waals surface area contributed by atoms with Crippen LogP contribution in [0.15, 0.2) is 0 Å². The van der Waals surface area contributed by atoms with Crippen LogP contribution in [-0.2, 0) is 0 Å². The van der Waals surface area contributed by atoms with Crippen LogP contribution in [0, 0.1) is 0 Å². The van der Waals surface area contributed by atoms with Crippen LogP contribution in [0.4, 0.5) is 0 Å². The highest BCUT2D eigenvalue weighted by Gasteiger charge is 2.43. The van der Waals surface area contributed by atoms with Gasteiger partial charge in [0.05, 0.1) is 0 Å². The minimum absolute atomic E-state index is 0.412. The van der Waals surface area contributed by atoms with Gasteiger partial charge in [-0.25, -0.2) is 0 Å². The first-order valence-corrected chi connectivity index (χ1v) is 11.1. The Bertz CT molecular complexity index is 198. The average molecular weight is 292 g/mol. The van der Waals surface area contributed by atoms with Crippen molar-refractivity contribution in [3.63, 3.8) is 0 Å². The smallest absolute Gasteiger partial charge is 0.161 e. The highest BCUT2D eigenvalue weighted by molar-refractivity contribution is 7.21. The zero-order valence-electron chi connectivity index (χ0n) is 13.5.